The van der Waals surface area contributed by atoms with Crippen LogP contribution in [0.2, 0.25) is 0 Å². The molecule has 11 heteroatoms. The average molecular weight is 512 g/mol. The Bertz CT molecular complexity index is 1400. The maximum absolute atomic E-state index is 12.8. The molecule has 0 saturated carbocycles. The molecule has 8 nitrogen and oxygen atoms in total. The van der Waals surface area contributed by atoms with Crippen LogP contribution in [0.15, 0.2) is 72.8 Å². The summed E-state index contributed by atoms with van der Waals surface area (Å²) < 4.78 is 45.9. The van der Waals surface area contributed by atoms with E-state index in [2.05, 4.69) is 10.3 Å². The van der Waals surface area contributed by atoms with Crippen molar-refractivity contribution in [1.82, 2.24) is 14.9 Å². The average Bonchev–Trinajstić information content (AvgIpc) is 3.22. The molecule has 0 saturated heterocycles. The van der Waals surface area contributed by atoms with Crippen molar-refractivity contribution in [2.45, 2.75) is 31.6 Å². The number of alkyl halides is 3. The number of carbonyl (C=O) groups is 2. The van der Waals surface area contributed by atoms with Crippen molar-refractivity contribution >= 4 is 22.8 Å². The van der Waals surface area contributed by atoms with E-state index in [1.54, 1.807) is 24.3 Å². The Morgan fingerprint density at radius 2 is 1.57 bits per heavy atom. The van der Waals surface area contributed by atoms with E-state index in [1.165, 1.54) is 12.1 Å². The van der Waals surface area contributed by atoms with Crippen LogP contribution in [-0.4, -0.2) is 27.4 Å². The number of primary amides is 2. The molecule has 1 aromatic heterocycles. The van der Waals surface area contributed by atoms with Crippen LogP contribution in [0.5, 0.6) is 11.5 Å². The van der Waals surface area contributed by atoms with E-state index < -0.39 is 29.6 Å². The first-order chi connectivity index (χ1) is 17.6. The lowest BCUT2D eigenvalue weighted by Crippen LogP contribution is -2.41. The molecule has 1 unspecified atom stereocenters. The lowest BCUT2D eigenvalue weighted by Gasteiger charge is -2.16. The predicted molar refractivity (Wildman–Crippen MR) is 131 cm³/mol. The Balaban J connectivity index is 1.56. The Hall–Kier alpha value is -4.38. The number of imidazole rings is 1. The van der Waals surface area contributed by atoms with Gasteiger partial charge in [-0.1, -0.05) is 12.1 Å². The fourth-order valence-electron chi connectivity index (χ4n) is 3.84. The zero-order valence-electron chi connectivity index (χ0n) is 19.5. The molecule has 3 aromatic carbocycles. The molecule has 1 heterocycles. The van der Waals surface area contributed by atoms with E-state index in [0.29, 0.717) is 11.6 Å². The summed E-state index contributed by atoms with van der Waals surface area (Å²) in [5, 5.41) is 3.05. The highest BCUT2D eigenvalue weighted by Crippen LogP contribution is 2.32. The molecule has 0 aliphatic rings. The van der Waals surface area contributed by atoms with Gasteiger partial charge in [-0.2, -0.15) is 13.2 Å². The second-order valence-corrected chi connectivity index (χ2v) is 8.31. The van der Waals surface area contributed by atoms with Gasteiger partial charge < -0.3 is 16.2 Å². The van der Waals surface area contributed by atoms with Gasteiger partial charge in [-0.15, -0.1) is 0 Å². The summed E-state index contributed by atoms with van der Waals surface area (Å²) in [6, 6.07) is 18.1. The summed E-state index contributed by atoms with van der Waals surface area (Å²) in [4.78, 5) is 27.6. The van der Waals surface area contributed by atoms with E-state index in [1.807, 2.05) is 28.8 Å². The predicted octanol–water partition coefficient (Wildman–Crippen LogP) is 4.05. The number of hydrogen-bond acceptors (Lipinski definition) is 5. The molecule has 5 N–H and O–H groups in total. The highest BCUT2D eigenvalue weighted by Gasteiger charge is 2.30. The minimum Gasteiger partial charge on any atom is -0.457 e. The summed E-state index contributed by atoms with van der Waals surface area (Å²) in [7, 11) is 0. The number of nitrogens with two attached hydrogens (primary N) is 2. The van der Waals surface area contributed by atoms with Crippen LogP contribution in [-0.2, 0) is 22.3 Å². The summed E-state index contributed by atoms with van der Waals surface area (Å²) in [5.74, 6) is 0.176. The Labute approximate surface area is 210 Å². The zero-order chi connectivity index (χ0) is 26.6. The van der Waals surface area contributed by atoms with E-state index >= 15 is 0 Å². The number of hydrogen-bond donors (Lipinski definition) is 3. The van der Waals surface area contributed by atoms with Gasteiger partial charge in [0.15, 0.2) is 0 Å². The summed E-state index contributed by atoms with van der Waals surface area (Å²) >= 11 is 0. The number of fused-ring (bicyclic) bond motifs is 1. The quantitative estimate of drug-likeness (QED) is 0.296. The van der Waals surface area contributed by atoms with Gasteiger partial charge in [0.2, 0.25) is 11.8 Å². The molecular formula is C26H24F3N5O3. The molecule has 0 fully saturated rings. The first-order valence-corrected chi connectivity index (χ1v) is 11.3. The first kappa shape index (κ1) is 25.7. The summed E-state index contributed by atoms with van der Waals surface area (Å²) in [5.41, 5.74) is 12.2. The third-order valence-electron chi connectivity index (χ3n) is 5.67. The largest absolute Gasteiger partial charge is 0.457 e. The van der Waals surface area contributed by atoms with Gasteiger partial charge in [-0.05, 0) is 67.1 Å². The molecule has 1 atom stereocenters. The van der Waals surface area contributed by atoms with E-state index in [-0.39, 0.29) is 25.1 Å². The molecule has 0 spiro atoms. The highest BCUT2D eigenvalue weighted by atomic mass is 19.4. The second-order valence-electron chi connectivity index (χ2n) is 8.31. The third-order valence-corrected chi connectivity index (χ3v) is 5.67. The van der Waals surface area contributed by atoms with E-state index in [4.69, 9.17) is 16.2 Å². The SMILES string of the molecule is NC(=O)CCC(NCc1nc2ccccc2n1-c1ccc(Oc2ccc(C(F)(F)F)cc2)cc1)C(N)=O. The Kier molecular flexibility index (Phi) is 7.44. The summed E-state index contributed by atoms with van der Waals surface area (Å²) in [6.07, 6.45) is -4.24. The van der Waals surface area contributed by atoms with Crippen molar-refractivity contribution in [2.24, 2.45) is 11.5 Å². The fraction of sp³-hybridized carbons (Fsp3) is 0.192. The maximum Gasteiger partial charge on any atom is 0.416 e. The van der Waals surface area contributed by atoms with Gasteiger partial charge >= 0.3 is 6.18 Å². The van der Waals surface area contributed by atoms with Gasteiger partial charge in [0.25, 0.3) is 0 Å². The first-order valence-electron chi connectivity index (χ1n) is 11.3. The molecule has 2 amide bonds. The second kappa shape index (κ2) is 10.7. The molecule has 0 bridgehead atoms. The maximum atomic E-state index is 12.8. The minimum atomic E-state index is -4.42. The van der Waals surface area contributed by atoms with Crippen molar-refractivity contribution in [1.29, 1.82) is 0 Å². The van der Waals surface area contributed by atoms with Crippen molar-refractivity contribution in [3.05, 3.63) is 84.2 Å². The van der Waals surface area contributed by atoms with Crippen LogP contribution < -0.4 is 21.5 Å². The number of carbonyl (C=O) groups excluding carboxylic acids is 2. The number of rotatable bonds is 10. The van der Waals surface area contributed by atoms with Crippen LogP contribution in [0.25, 0.3) is 16.7 Å². The number of amides is 2. The van der Waals surface area contributed by atoms with Crippen LogP contribution >= 0.6 is 0 Å². The van der Waals surface area contributed by atoms with Gasteiger partial charge in [0, 0.05) is 12.1 Å². The van der Waals surface area contributed by atoms with Crippen LogP contribution in [0.3, 0.4) is 0 Å². The lowest BCUT2D eigenvalue weighted by molar-refractivity contribution is -0.137. The van der Waals surface area contributed by atoms with Crippen molar-refractivity contribution in [2.75, 3.05) is 0 Å². The van der Waals surface area contributed by atoms with Crippen molar-refractivity contribution in [3.63, 3.8) is 0 Å². The fourth-order valence-corrected chi connectivity index (χ4v) is 3.84. The number of para-hydroxylation sites is 2. The summed E-state index contributed by atoms with van der Waals surface area (Å²) in [6.45, 7) is 0.185. The topological polar surface area (TPSA) is 125 Å². The van der Waals surface area contributed by atoms with Gasteiger partial charge in [-0.25, -0.2) is 4.98 Å². The van der Waals surface area contributed by atoms with E-state index in [9.17, 15) is 22.8 Å². The number of nitrogens with one attached hydrogen (secondary N) is 1. The minimum absolute atomic E-state index is 0.0113. The Morgan fingerprint density at radius 3 is 2.16 bits per heavy atom. The van der Waals surface area contributed by atoms with Crippen LogP contribution in [0, 0.1) is 0 Å². The molecule has 4 rings (SSSR count). The molecule has 37 heavy (non-hydrogen) atoms. The third kappa shape index (κ3) is 6.25. The van der Waals surface area contributed by atoms with Gasteiger partial charge in [0.1, 0.15) is 17.3 Å². The number of ether oxygens (including phenoxy) is 1. The Morgan fingerprint density at radius 1 is 0.946 bits per heavy atom. The lowest BCUT2D eigenvalue weighted by atomic mass is 10.1. The standard InChI is InChI=1S/C26H24F3N5O3/c27-26(28,29)16-5-9-18(10-6-16)37-19-11-7-17(8-12-19)34-22-4-2-1-3-20(22)33-24(34)15-32-21(25(31)36)13-14-23(30)35/h1-12,21,32H,13-15H2,(H2,30,35)(H2,31,36). The van der Waals surface area contributed by atoms with Crippen LogP contribution in [0.4, 0.5) is 13.2 Å². The van der Waals surface area contributed by atoms with Crippen LogP contribution in [0.1, 0.15) is 24.2 Å². The smallest absolute Gasteiger partial charge is 0.416 e. The molecular weight excluding hydrogens is 487 g/mol. The molecule has 192 valence electrons. The highest BCUT2D eigenvalue weighted by molar-refractivity contribution is 5.81. The monoisotopic (exact) mass is 511 g/mol. The van der Waals surface area contributed by atoms with Gasteiger partial charge in [-0.3, -0.25) is 19.5 Å². The molecule has 0 aliphatic carbocycles. The van der Waals surface area contributed by atoms with Crippen molar-refractivity contribution < 1.29 is 27.5 Å². The van der Waals surface area contributed by atoms with Gasteiger partial charge in [0.05, 0.1) is 29.2 Å². The number of aromatic nitrogens is 2. The number of benzene rings is 3. The normalized spacial score (nSPS) is 12.4. The number of nitrogens with zero attached hydrogens (tertiary/aromatic N) is 2. The molecule has 0 aliphatic heterocycles. The molecule has 4 aromatic rings. The van der Waals surface area contributed by atoms with Crippen molar-refractivity contribution in [3.8, 4) is 17.2 Å². The molecule has 0 radical (unpaired) electrons. The number of halogens is 3. The van der Waals surface area contributed by atoms with E-state index in [0.717, 1.165) is 28.9 Å². The zero-order valence-corrected chi connectivity index (χ0v) is 19.5.